The SMILES string of the molecule is Cc1cccc(OCC(C)C)c1-n1nc2c(c1-c1ccc(NC(N)=O)cc1)CN(C1CCCC1C)CC2. The van der Waals surface area contributed by atoms with E-state index in [0.29, 0.717) is 24.3 Å². The first-order valence-corrected chi connectivity index (χ1v) is 13.6. The Morgan fingerprint density at radius 1 is 1.19 bits per heavy atom. The van der Waals surface area contributed by atoms with Gasteiger partial charge in [0, 0.05) is 42.4 Å². The van der Waals surface area contributed by atoms with Crippen LogP contribution in [0.15, 0.2) is 42.5 Å². The number of fused-ring (bicyclic) bond motifs is 1. The summed E-state index contributed by atoms with van der Waals surface area (Å²) in [6.45, 7) is 11.4. The van der Waals surface area contributed by atoms with Crippen LogP contribution in [0.4, 0.5) is 10.5 Å². The van der Waals surface area contributed by atoms with Gasteiger partial charge in [0.05, 0.1) is 18.0 Å². The zero-order valence-electron chi connectivity index (χ0n) is 22.5. The molecule has 2 amide bonds. The normalized spacial score (nSPS) is 19.7. The maximum absolute atomic E-state index is 11.4. The second kappa shape index (κ2) is 10.6. The molecule has 0 spiro atoms. The number of ether oxygens (including phenoxy) is 1. The summed E-state index contributed by atoms with van der Waals surface area (Å²) in [5.41, 5.74) is 12.7. The molecule has 7 heteroatoms. The maximum Gasteiger partial charge on any atom is 0.316 e. The molecule has 0 radical (unpaired) electrons. The van der Waals surface area contributed by atoms with Crippen LogP contribution in [0.2, 0.25) is 0 Å². The maximum atomic E-state index is 11.4. The number of carbonyl (C=O) groups excluding carboxylic acids is 1. The van der Waals surface area contributed by atoms with E-state index in [2.05, 4.69) is 48.7 Å². The zero-order valence-corrected chi connectivity index (χ0v) is 22.5. The highest BCUT2D eigenvalue weighted by atomic mass is 16.5. The number of nitrogens with two attached hydrogens (primary N) is 1. The van der Waals surface area contributed by atoms with Gasteiger partial charge in [-0.2, -0.15) is 5.10 Å². The van der Waals surface area contributed by atoms with Gasteiger partial charge in [0.25, 0.3) is 0 Å². The molecule has 196 valence electrons. The summed E-state index contributed by atoms with van der Waals surface area (Å²) < 4.78 is 8.41. The third-order valence-electron chi connectivity index (χ3n) is 7.76. The molecule has 1 aromatic heterocycles. The van der Waals surface area contributed by atoms with Gasteiger partial charge in [-0.05, 0) is 55.4 Å². The third-order valence-corrected chi connectivity index (χ3v) is 7.76. The number of hydrogen-bond donors (Lipinski definition) is 2. The molecule has 2 atom stereocenters. The number of hydrogen-bond acceptors (Lipinski definition) is 4. The summed E-state index contributed by atoms with van der Waals surface area (Å²) in [6, 6.07) is 14.2. The molecule has 3 N–H and O–H groups in total. The van der Waals surface area contributed by atoms with Crippen LogP contribution in [0.5, 0.6) is 5.75 Å². The smallest absolute Gasteiger partial charge is 0.316 e. The Labute approximate surface area is 220 Å². The predicted octanol–water partition coefficient (Wildman–Crippen LogP) is 5.92. The number of urea groups is 1. The van der Waals surface area contributed by atoms with Crippen molar-refractivity contribution in [1.82, 2.24) is 14.7 Å². The largest absolute Gasteiger partial charge is 0.491 e. The van der Waals surface area contributed by atoms with Crippen LogP contribution >= 0.6 is 0 Å². The Morgan fingerprint density at radius 2 is 1.97 bits per heavy atom. The number of primary amides is 1. The second-order valence-corrected chi connectivity index (χ2v) is 11.1. The van der Waals surface area contributed by atoms with E-state index in [9.17, 15) is 4.79 Å². The van der Waals surface area contributed by atoms with E-state index in [4.69, 9.17) is 15.6 Å². The lowest BCUT2D eigenvalue weighted by Gasteiger charge is -2.34. The first-order valence-electron chi connectivity index (χ1n) is 13.6. The minimum absolute atomic E-state index is 0.422. The van der Waals surface area contributed by atoms with E-state index in [1.165, 1.54) is 24.8 Å². The molecule has 0 bridgehead atoms. The van der Waals surface area contributed by atoms with E-state index < -0.39 is 6.03 Å². The Hall–Kier alpha value is -3.32. The Kier molecular flexibility index (Phi) is 7.24. The minimum atomic E-state index is -0.566. The van der Waals surface area contributed by atoms with Gasteiger partial charge in [0.2, 0.25) is 0 Å². The van der Waals surface area contributed by atoms with Gasteiger partial charge in [0.15, 0.2) is 0 Å². The predicted molar refractivity (Wildman–Crippen MR) is 148 cm³/mol. The van der Waals surface area contributed by atoms with E-state index in [1.54, 1.807) is 0 Å². The molecule has 1 aliphatic heterocycles. The average Bonchev–Trinajstić information content (AvgIpc) is 3.45. The first kappa shape index (κ1) is 25.3. The van der Waals surface area contributed by atoms with Crippen molar-refractivity contribution in [1.29, 1.82) is 0 Å². The van der Waals surface area contributed by atoms with Crippen LogP contribution in [0.3, 0.4) is 0 Å². The zero-order chi connectivity index (χ0) is 26.1. The molecular formula is C30H39N5O2. The van der Waals surface area contributed by atoms with E-state index in [-0.39, 0.29) is 0 Å². The summed E-state index contributed by atoms with van der Waals surface area (Å²) in [7, 11) is 0. The van der Waals surface area contributed by atoms with Crippen molar-refractivity contribution in [2.45, 2.75) is 66.0 Å². The van der Waals surface area contributed by atoms with Crippen LogP contribution in [0.25, 0.3) is 16.9 Å². The molecule has 2 unspecified atom stereocenters. The monoisotopic (exact) mass is 501 g/mol. The molecule has 2 aromatic carbocycles. The van der Waals surface area contributed by atoms with Crippen LogP contribution in [0.1, 0.15) is 56.9 Å². The van der Waals surface area contributed by atoms with Gasteiger partial charge in [-0.1, -0.05) is 51.5 Å². The molecule has 0 saturated heterocycles. The highest BCUT2D eigenvalue weighted by Crippen LogP contribution is 2.39. The van der Waals surface area contributed by atoms with Crippen molar-refractivity contribution in [3.8, 4) is 22.7 Å². The number of anilines is 1. The summed E-state index contributed by atoms with van der Waals surface area (Å²) in [5.74, 6) is 2.00. The molecule has 1 saturated carbocycles. The molecule has 1 fully saturated rings. The second-order valence-electron chi connectivity index (χ2n) is 11.1. The Balaban J connectivity index is 1.62. The number of nitrogens with one attached hydrogen (secondary N) is 1. The van der Waals surface area contributed by atoms with Crippen LogP contribution < -0.4 is 15.8 Å². The summed E-state index contributed by atoms with van der Waals surface area (Å²) in [5, 5.41) is 7.89. The number of aryl methyl sites for hydroxylation is 1. The van der Waals surface area contributed by atoms with Crippen LogP contribution in [-0.4, -0.2) is 39.9 Å². The highest BCUT2D eigenvalue weighted by molar-refractivity contribution is 5.88. The fourth-order valence-electron chi connectivity index (χ4n) is 5.93. The van der Waals surface area contributed by atoms with E-state index >= 15 is 0 Å². The average molecular weight is 502 g/mol. The summed E-state index contributed by atoms with van der Waals surface area (Å²) in [4.78, 5) is 14.0. The van der Waals surface area contributed by atoms with Crippen molar-refractivity contribution >= 4 is 11.7 Å². The van der Waals surface area contributed by atoms with Gasteiger partial charge >= 0.3 is 6.03 Å². The minimum Gasteiger partial charge on any atom is -0.491 e. The van der Waals surface area contributed by atoms with Crippen molar-refractivity contribution < 1.29 is 9.53 Å². The fourth-order valence-corrected chi connectivity index (χ4v) is 5.93. The molecule has 1 aliphatic carbocycles. The number of para-hydroxylation sites is 1. The Bertz CT molecular complexity index is 1260. The third kappa shape index (κ3) is 5.23. The first-order chi connectivity index (χ1) is 17.8. The lowest BCUT2D eigenvalue weighted by Crippen LogP contribution is -2.40. The number of aromatic nitrogens is 2. The number of benzene rings is 2. The molecule has 2 heterocycles. The molecule has 3 aromatic rings. The van der Waals surface area contributed by atoms with Crippen LogP contribution in [0, 0.1) is 18.8 Å². The standard InChI is InChI=1S/C30H39N5O2/c1-19(2)18-37-27-10-6-8-21(4)28(27)35-29(22-11-13-23(14-12-22)32-30(31)36)24-17-34(16-15-25(24)33-35)26-9-5-7-20(26)3/h6,8,10-14,19-20,26H,5,7,9,15-18H2,1-4H3,(H3,31,32,36). The molecular weight excluding hydrogens is 462 g/mol. The van der Waals surface area contributed by atoms with Gasteiger partial charge in [-0.3, -0.25) is 4.90 Å². The van der Waals surface area contributed by atoms with Gasteiger partial charge in [-0.15, -0.1) is 0 Å². The quantitative estimate of drug-likeness (QED) is 0.421. The van der Waals surface area contributed by atoms with Crippen molar-refractivity contribution in [3.05, 3.63) is 59.3 Å². The Morgan fingerprint density at radius 3 is 2.65 bits per heavy atom. The highest BCUT2D eigenvalue weighted by Gasteiger charge is 2.34. The number of amides is 2. The van der Waals surface area contributed by atoms with E-state index in [1.807, 2.05) is 36.4 Å². The topological polar surface area (TPSA) is 85.4 Å². The van der Waals surface area contributed by atoms with Crippen molar-refractivity contribution in [2.24, 2.45) is 17.6 Å². The summed E-state index contributed by atoms with van der Waals surface area (Å²) in [6.07, 6.45) is 4.84. The number of carbonyl (C=O) groups is 1. The van der Waals surface area contributed by atoms with Gasteiger partial charge in [-0.25, -0.2) is 9.48 Å². The van der Waals surface area contributed by atoms with E-state index in [0.717, 1.165) is 59.4 Å². The molecule has 5 rings (SSSR count). The molecule has 2 aliphatic rings. The van der Waals surface area contributed by atoms with Crippen LogP contribution in [-0.2, 0) is 13.0 Å². The van der Waals surface area contributed by atoms with Crippen molar-refractivity contribution in [2.75, 3.05) is 18.5 Å². The fraction of sp³-hybridized carbons (Fsp3) is 0.467. The summed E-state index contributed by atoms with van der Waals surface area (Å²) >= 11 is 0. The van der Waals surface area contributed by atoms with Gasteiger partial charge < -0.3 is 15.8 Å². The van der Waals surface area contributed by atoms with Crippen molar-refractivity contribution in [3.63, 3.8) is 0 Å². The lowest BCUT2D eigenvalue weighted by molar-refractivity contribution is 0.150. The van der Waals surface area contributed by atoms with Gasteiger partial charge in [0.1, 0.15) is 11.4 Å². The number of nitrogens with zero attached hydrogens (tertiary/aromatic N) is 3. The molecule has 37 heavy (non-hydrogen) atoms. The molecule has 7 nitrogen and oxygen atoms in total. The number of rotatable bonds is 7. The lowest BCUT2D eigenvalue weighted by atomic mass is 9.96.